The van der Waals surface area contributed by atoms with E-state index in [-0.39, 0.29) is 0 Å². The Morgan fingerprint density at radius 3 is 1.45 bits per heavy atom. The summed E-state index contributed by atoms with van der Waals surface area (Å²) in [7, 11) is 3.60. The second-order valence-electron chi connectivity index (χ2n) is 6.12. The third kappa shape index (κ3) is 5.66. The minimum Gasteiger partial charge on any atom is -0.454 e. The molecule has 0 aliphatic rings. The molecule has 0 fully saturated rings. The number of hydrogen-bond donors (Lipinski definition) is 0. The molecule has 0 N–H and O–H groups in total. The van der Waals surface area contributed by atoms with Crippen molar-refractivity contribution in [2.45, 2.75) is 0 Å². The summed E-state index contributed by atoms with van der Waals surface area (Å²) in [6.07, 6.45) is 3.23. The van der Waals surface area contributed by atoms with Crippen LogP contribution >= 0.6 is 24.4 Å². The summed E-state index contributed by atoms with van der Waals surface area (Å²) < 4.78 is 5.72. The molecule has 0 saturated carbocycles. The average Bonchev–Trinajstić information content (AvgIpc) is 3.23. The van der Waals surface area contributed by atoms with Crippen LogP contribution in [0, 0.1) is 0 Å². The molecule has 0 atom stereocenters. The van der Waals surface area contributed by atoms with Gasteiger partial charge in [-0.25, -0.2) is 0 Å². The second-order valence-corrected chi connectivity index (χ2v) is 6.89. The van der Waals surface area contributed by atoms with Gasteiger partial charge in [0.05, 0.1) is 12.4 Å². The van der Waals surface area contributed by atoms with Gasteiger partial charge in [-0.1, -0.05) is 85.1 Å². The monoisotopic (exact) mass is 420 g/mol. The van der Waals surface area contributed by atoms with E-state index < -0.39 is 0 Å². The number of furan rings is 1. The Morgan fingerprint density at radius 1 is 0.690 bits per heavy atom. The van der Waals surface area contributed by atoms with Gasteiger partial charge in [0.25, 0.3) is 0 Å². The summed E-state index contributed by atoms with van der Waals surface area (Å²) in [4.78, 5) is 1.26. The topological polar surface area (TPSA) is 44.3 Å². The van der Waals surface area contributed by atoms with Gasteiger partial charge < -0.3 is 4.42 Å². The van der Waals surface area contributed by atoms with E-state index in [1.165, 1.54) is 0 Å². The summed E-state index contributed by atoms with van der Waals surface area (Å²) in [5, 5.41) is 12.0. The van der Waals surface area contributed by atoms with E-state index >= 15 is 0 Å². The number of rotatable bonds is 6. The predicted molar refractivity (Wildman–Crippen MR) is 126 cm³/mol. The molecule has 2 aromatic carbocycles. The lowest BCUT2D eigenvalue weighted by molar-refractivity contribution is 0.528. The number of benzene rings is 2. The smallest absolute Gasteiger partial charge is 0.147 e. The fraction of sp³-hybridized carbons (Fsp3) is 0.0909. The highest BCUT2D eigenvalue weighted by molar-refractivity contribution is 7.80. The molecule has 0 amide bonds. The Bertz CT molecular complexity index is 947. The quantitative estimate of drug-likeness (QED) is 0.332. The second kappa shape index (κ2) is 9.86. The number of nitrogens with zero attached hydrogens (tertiary/aromatic N) is 4. The summed E-state index contributed by atoms with van der Waals surface area (Å²) >= 11 is 10.9. The van der Waals surface area contributed by atoms with Gasteiger partial charge in [0, 0.05) is 25.2 Å². The lowest BCUT2D eigenvalue weighted by atomic mass is 10.2. The molecule has 146 valence electrons. The van der Waals surface area contributed by atoms with Crippen LogP contribution in [0.3, 0.4) is 0 Å². The molecule has 7 heteroatoms. The molecule has 1 heterocycles. The van der Waals surface area contributed by atoms with Crippen LogP contribution < -0.4 is 0 Å². The van der Waals surface area contributed by atoms with Crippen LogP contribution in [0.5, 0.6) is 0 Å². The molecule has 5 nitrogen and oxygen atoms in total. The van der Waals surface area contributed by atoms with Crippen molar-refractivity contribution in [3.8, 4) is 0 Å². The fourth-order valence-electron chi connectivity index (χ4n) is 2.43. The van der Waals surface area contributed by atoms with E-state index in [0.717, 1.165) is 11.1 Å². The fourth-order valence-corrected chi connectivity index (χ4v) is 2.80. The lowest BCUT2D eigenvalue weighted by Crippen LogP contribution is -2.20. The van der Waals surface area contributed by atoms with E-state index in [1.54, 1.807) is 36.5 Å². The first-order valence-corrected chi connectivity index (χ1v) is 9.70. The normalized spacial score (nSPS) is 11.1. The van der Waals surface area contributed by atoms with Gasteiger partial charge in [-0.3, -0.25) is 10.0 Å². The highest BCUT2D eigenvalue weighted by atomic mass is 32.1. The van der Waals surface area contributed by atoms with Gasteiger partial charge in [0.2, 0.25) is 0 Å². The zero-order chi connectivity index (χ0) is 20.6. The minimum absolute atomic E-state index is 0.599. The molecule has 3 rings (SSSR count). The first-order chi connectivity index (χ1) is 14.0. The van der Waals surface area contributed by atoms with Gasteiger partial charge in [-0.15, -0.1) is 0 Å². The maximum atomic E-state index is 5.72. The van der Waals surface area contributed by atoms with E-state index in [4.69, 9.17) is 28.9 Å². The largest absolute Gasteiger partial charge is 0.454 e. The lowest BCUT2D eigenvalue weighted by Gasteiger charge is -2.13. The van der Waals surface area contributed by atoms with E-state index in [1.807, 2.05) is 72.8 Å². The molecular formula is C22H20N4OS2. The maximum Gasteiger partial charge on any atom is 0.147 e. The molecule has 0 saturated heterocycles. The molecule has 3 aromatic rings. The minimum atomic E-state index is 0.599. The highest BCUT2D eigenvalue weighted by Crippen LogP contribution is 2.08. The Morgan fingerprint density at radius 2 is 1.07 bits per heavy atom. The maximum absolute atomic E-state index is 5.72. The first kappa shape index (κ1) is 20.6. The zero-order valence-electron chi connectivity index (χ0n) is 16.1. The van der Waals surface area contributed by atoms with Gasteiger partial charge >= 0.3 is 0 Å². The number of hydrazone groups is 2. The zero-order valence-corrected chi connectivity index (χ0v) is 17.7. The van der Waals surface area contributed by atoms with Crippen molar-refractivity contribution in [3.05, 3.63) is 95.4 Å². The van der Waals surface area contributed by atoms with Crippen molar-refractivity contribution >= 4 is 46.8 Å². The third-order valence-corrected chi connectivity index (χ3v) is 4.99. The molecule has 0 bridgehead atoms. The molecule has 0 spiro atoms. The molecule has 0 aliphatic heterocycles. The van der Waals surface area contributed by atoms with Gasteiger partial charge in [-0.05, 0) is 12.1 Å². The van der Waals surface area contributed by atoms with Crippen molar-refractivity contribution in [1.82, 2.24) is 10.0 Å². The summed E-state index contributed by atoms with van der Waals surface area (Å²) in [5.74, 6) is 1.20. The Kier molecular flexibility index (Phi) is 6.99. The van der Waals surface area contributed by atoms with Crippen LogP contribution in [0.15, 0.2) is 87.4 Å². The van der Waals surface area contributed by atoms with Gasteiger partial charge in [0.1, 0.15) is 21.5 Å². The van der Waals surface area contributed by atoms with Crippen molar-refractivity contribution in [1.29, 1.82) is 0 Å². The summed E-state index contributed by atoms with van der Waals surface area (Å²) in [6, 6.07) is 23.1. The van der Waals surface area contributed by atoms with Crippen LogP contribution in [0.1, 0.15) is 22.6 Å². The van der Waals surface area contributed by atoms with Crippen LogP contribution in [0.4, 0.5) is 0 Å². The molecule has 0 aliphatic carbocycles. The average molecular weight is 421 g/mol. The summed E-state index contributed by atoms with van der Waals surface area (Å²) in [5.41, 5.74) is 1.87. The van der Waals surface area contributed by atoms with Crippen molar-refractivity contribution in [2.75, 3.05) is 14.1 Å². The standard InChI is InChI=1S/C22H20N4OS2/c1-25(21(28)17-9-5-3-6-10-17)23-15-19-13-14-20(27-19)16-24-26(2)22(29)18-11-7-4-8-12-18/h3-16H,1-2H3. The van der Waals surface area contributed by atoms with Crippen LogP contribution in [0.25, 0.3) is 0 Å². The SMILES string of the molecule is CN(N=Cc1ccc(C=NN(C)C(=S)c2ccccc2)o1)C(=S)c1ccccc1. The molecular weight excluding hydrogens is 400 g/mol. The van der Waals surface area contributed by atoms with E-state index in [2.05, 4.69) is 10.2 Å². The van der Waals surface area contributed by atoms with Crippen LogP contribution in [-0.4, -0.2) is 46.5 Å². The third-order valence-electron chi connectivity index (χ3n) is 3.99. The van der Waals surface area contributed by atoms with Gasteiger partial charge in [-0.2, -0.15) is 10.2 Å². The van der Waals surface area contributed by atoms with E-state index in [9.17, 15) is 0 Å². The van der Waals surface area contributed by atoms with Crippen LogP contribution in [-0.2, 0) is 0 Å². The van der Waals surface area contributed by atoms with E-state index in [0.29, 0.717) is 21.5 Å². The molecule has 0 radical (unpaired) electrons. The Labute approximate surface area is 180 Å². The highest BCUT2D eigenvalue weighted by Gasteiger charge is 2.07. The van der Waals surface area contributed by atoms with Gasteiger partial charge in [0.15, 0.2) is 0 Å². The molecule has 1 aromatic heterocycles. The van der Waals surface area contributed by atoms with Crippen molar-refractivity contribution in [2.24, 2.45) is 10.2 Å². The molecule has 29 heavy (non-hydrogen) atoms. The summed E-state index contributed by atoms with van der Waals surface area (Å²) in [6.45, 7) is 0. The van der Waals surface area contributed by atoms with Crippen molar-refractivity contribution in [3.63, 3.8) is 0 Å². The molecule has 0 unspecified atom stereocenters. The first-order valence-electron chi connectivity index (χ1n) is 8.88. The number of hydrogen-bond acceptors (Lipinski definition) is 5. The Hall–Kier alpha value is -3.16. The van der Waals surface area contributed by atoms with Crippen molar-refractivity contribution < 1.29 is 4.42 Å². The van der Waals surface area contributed by atoms with Crippen LogP contribution in [0.2, 0.25) is 0 Å². The predicted octanol–water partition coefficient (Wildman–Crippen LogP) is 4.56. The Balaban J connectivity index is 1.60. The number of thiocarbonyl (C=S) groups is 2.